The Morgan fingerprint density at radius 3 is 2.74 bits per heavy atom. The lowest BCUT2D eigenvalue weighted by Gasteiger charge is -2.28. The third-order valence-corrected chi connectivity index (χ3v) is 5.38. The van der Waals surface area contributed by atoms with Crippen molar-refractivity contribution < 1.29 is 13.2 Å². The fourth-order valence-corrected chi connectivity index (χ4v) is 3.33. The molecule has 1 N–H and O–H groups in total. The van der Waals surface area contributed by atoms with Crippen LogP contribution in [0.3, 0.4) is 0 Å². The highest BCUT2D eigenvalue weighted by atomic mass is 32.2. The molecule has 4 nitrogen and oxygen atoms in total. The van der Waals surface area contributed by atoms with E-state index in [1.54, 1.807) is 14.0 Å². The van der Waals surface area contributed by atoms with Gasteiger partial charge in [-0.15, -0.1) is 0 Å². The summed E-state index contributed by atoms with van der Waals surface area (Å²) in [4.78, 5) is 0. The minimum Gasteiger partial charge on any atom is -0.493 e. The SMILES string of the molecule is CNC(c1cccc2c1OCCC2)C(C)S(C)(=O)=O. The maximum atomic E-state index is 11.8. The molecule has 1 heterocycles. The minimum atomic E-state index is -3.11. The molecule has 1 aliphatic rings. The number of nitrogens with one attached hydrogen (secondary N) is 1. The van der Waals surface area contributed by atoms with Crippen molar-refractivity contribution in [3.8, 4) is 5.75 Å². The quantitative estimate of drug-likeness (QED) is 0.914. The molecular weight excluding hydrogens is 262 g/mol. The average molecular weight is 283 g/mol. The van der Waals surface area contributed by atoms with Crippen LogP contribution in [0, 0.1) is 0 Å². The summed E-state index contributed by atoms with van der Waals surface area (Å²) in [6.45, 7) is 2.44. The Balaban J connectivity index is 2.44. The number of rotatable bonds is 4. The lowest BCUT2D eigenvalue weighted by molar-refractivity contribution is 0.282. The Morgan fingerprint density at radius 2 is 2.11 bits per heavy atom. The fraction of sp³-hybridized carbons (Fsp3) is 0.571. The molecule has 1 aliphatic heterocycles. The van der Waals surface area contributed by atoms with Crippen LogP contribution >= 0.6 is 0 Å². The standard InChI is InChI=1S/C14H21NO3S/c1-10(19(3,16)17)13(15-2)12-8-4-6-11-7-5-9-18-14(11)12/h4,6,8,10,13,15H,5,7,9H2,1-3H3. The monoisotopic (exact) mass is 283 g/mol. The van der Waals surface area contributed by atoms with Crippen LogP contribution in [0.5, 0.6) is 5.75 Å². The molecule has 2 unspecified atom stereocenters. The number of aryl methyl sites for hydroxylation is 1. The van der Waals surface area contributed by atoms with Crippen LogP contribution in [0.2, 0.25) is 0 Å². The highest BCUT2D eigenvalue weighted by Crippen LogP contribution is 2.35. The molecule has 0 aromatic heterocycles. The zero-order chi connectivity index (χ0) is 14.0. The molecule has 106 valence electrons. The molecule has 0 amide bonds. The summed E-state index contributed by atoms with van der Waals surface area (Å²) < 4.78 is 29.3. The van der Waals surface area contributed by atoms with Crippen molar-refractivity contribution in [1.29, 1.82) is 0 Å². The Labute approximate surface area is 115 Å². The molecule has 0 aliphatic carbocycles. The Hall–Kier alpha value is -1.07. The molecule has 1 aromatic carbocycles. The van der Waals surface area contributed by atoms with E-state index in [2.05, 4.69) is 11.4 Å². The van der Waals surface area contributed by atoms with Gasteiger partial charge < -0.3 is 10.1 Å². The Kier molecular flexibility index (Phi) is 4.16. The normalized spacial score (nSPS) is 18.3. The van der Waals surface area contributed by atoms with Crippen molar-refractivity contribution in [1.82, 2.24) is 5.32 Å². The van der Waals surface area contributed by atoms with Gasteiger partial charge in [0.1, 0.15) is 5.75 Å². The van der Waals surface area contributed by atoms with Gasteiger partial charge in [-0.05, 0) is 32.4 Å². The number of hydrogen-bond acceptors (Lipinski definition) is 4. The van der Waals surface area contributed by atoms with E-state index in [4.69, 9.17) is 4.74 Å². The van der Waals surface area contributed by atoms with E-state index in [9.17, 15) is 8.42 Å². The molecule has 0 spiro atoms. The van der Waals surface area contributed by atoms with Crippen LogP contribution in [0.15, 0.2) is 18.2 Å². The lowest BCUT2D eigenvalue weighted by atomic mass is 9.96. The van der Waals surface area contributed by atoms with Gasteiger partial charge in [0.15, 0.2) is 9.84 Å². The average Bonchev–Trinajstić information content (AvgIpc) is 2.38. The third-order valence-electron chi connectivity index (χ3n) is 3.75. The van der Waals surface area contributed by atoms with Gasteiger partial charge in [0.05, 0.1) is 17.9 Å². The predicted molar refractivity (Wildman–Crippen MR) is 76.4 cm³/mol. The van der Waals surface area contributed by atoms with Gasteiger partial charge >= 0.3 is 0 Å². The van der Waals surface area contributed by atoms with Crippen molar-refractivity contribution in [2.75, 3.05) is 19.9 Å². The molecule has 0 fully saturated rings. The molecule has 5 heteroatoms. The van der Waals surface area contributed by atoms with E-state index < -0.39 is 15.1 Å². The predicted octanol–water partition coefficient (Wildman–Crippen LogP) is 1.71. The van der Waals surface area contributed by atoms with Crippen LogP contribution < -0.4 is 10.1 Å². The first-order valence-electron chi connectivity index (χ1n) is 6.56. The van der Waals surface area contributed by atoms with Crippen LogP contribution in [0.1, 0.15) is 30.5 Å². The highest BCUT2D eigenvalue weighted by Gasteiger charge is 2.29. The molecular formula is C14H21NO3S. The van der Waals surface area contributed by atoms with Crippen LogP contribution in [0.4, 0.5) is 0 Å². The van der Waals surface area contributed by atoms with Gasteiger partial charge in [-0.2, -0.15) is 0 Å². The largest absolute Gasteiger partial charge is 0.493 e. The van der Waals surface area contributed by atoms with E-state index in [1.807, 2.05) is 12.1 Å². The zero-order valence-electron chi connectivity index (χ0n) is 11.6. The summed E-state index contributed by atoms with van der Waals surface area (Å²) in [5.41, 5.74) is 2.11. The summed E-state index contributed by atoms with van der Waals surface area (Å²) in [6.07, 6.45) is 3.29. The summed E-state index contributed by atoms with van der Waals surface area (Å²) in [5, 5.41) is 2.62. The first-order valence-corrected chi connectivity index (χ1v) is 8.51. The molecule has 2 atom stereocenters. The number of sulfone groups is 1. The lowest BCUT2D eigenvalue weighted by Crippen LogP contribution is -2.33. The molecule has 0 radical (unpaired) electrons. The third kappa shape index (κ3) is 2.92. The first kappa shape index (κ1) is 14.3. The van der Waals surface area contributed by atoms with Gasteiger partial charge in [-0.1, -0.05) is 18.2 Å². The second kappa shape index (κ2) is 5.51. The topological polar surface area (TPSA) is 55.4 Å². The highest BCUT2D eigenvalue weighted by molar-refractivity contribution is 7.91. The van der Waals surface area contributed by atoms with Crippen molar-refractivity contribution in [3.63, 3.8) is 0 Å². The molecule has 0 bridgehead atoms. The van der Waals surface area contributed by atoms with E-state index in [0.29, 0.717) is 6.61 Å². The summed E-state index contributed by atoms with van der Waals surface area (Å²) in [7, 11) is -1.32. The Morgan fingerprint density at radius 1 is 1.37 bits per heavy atom. The van der Waals surface area contributed by atoms with Crippen molar-refractivity contribution in [3.05, 3.63) is 29.3 Å². The van der Waals surface area contributed by atoms with E-state index in [-0.39, 0.29) is 6.04 Å². The first-order chi connectivity index (χ1) is 8.95. The van der Waals surface area contributed by atoms with Crippen LogP contribution in [-0.4, -0.2) is 33.6 Å². The second-order valence-corrected chi connectivity index (χ2v) is 7.49. The second-order valence-electron chi connectivity index (χ2n) is 5.09. The summed E-state index contributed by atoms with van der Waals surface area (Å²) in [5.74, 6) is 0.864. The maximum Gasteiger partial charge on any atom is 0.151 e. The molecule has 19 heavy (non-hydrogen) atoms. The van der Waals surface area contributed by atoms with E-state index in [0.717, 1.165) is 24.2 Å². The number of fused-ring (bicyclic) bond motifs is 1. The summed E-state index contributed by atoms with van der Waals surface area (Å²) in [6, 6.07) is 5.73. The number of hydrogen-bond donors (Lipinski definition) is 1. The smallest absolute Gasteiger partial charge is 0.151 e. The number of para-hydroxylation sites is 1. The number of ether oxygens (including phenoxy) is 1. The minimum absolute atomic E-state index is 0.247. The van der Waals surface area contributed by atoms with Gasteiger partial charge in [0.25, 0.3) is 0 Å². The summed E-state index contributed by atoms with van der Waals surface area (Å²) >= 11 is 0. The van der Waals surface area contributed by atoms with E-state index >= 15 is 0 Å². The van der Waals surface area contributed by atoms with Gasteiger partial charge in [0, 0.05) is 11.8 Å². The van der Waals surface area contributed by atoms with Crippen molar-refractivity contribution in [2.45, 2.75) is 31.1 Å². The van der Waals surface area contributed by atoms with Crippen molar-refractivity contribution >= 4 is 9.84 Å². The Bertz CT molecular complexity index is 554. The van der Waals surface area contributed by atoms with Crippen LogP contribution in [-0.2, 0) is 16.3 Å². The van der Waals surface area contributed by atoms with Gasteiger partial charge in [-0.3, -0.25) is 0 Å². The zero-order valence-corrected chi connectivity index (χ0v) is 12.5. The van der Waals surface area contributed by atoms with Crippen molar-refractivity contribution in [2.24, 2.45) is 0 Å². The maximum absolute atomic E-state index is 11.8. The fourth-order valence-electron chi connectivity index (χ4n) is 2.55. The molecule has 0 saturated carbocycles. The molecule has 2 rings (SSSR count). The molecule has 0 saturated heterocycles. The number of benzene rings is 1. The van der Waals surface area contributed by atoms with E-state index in [1.165, 1.54) is 11.8 Å². The van der Waals surface area contributed by atoms with Gasteiger partial charge in [-0.25, -0.2) is 8.42 Å². The van der Waals surface area contributed by atoms with Crippen LogP contribution in [0.25, 0.3) is 0 Å². The van der Waals surface area contributed by atoms with Gasteiger partial charge in [0.2, 0.25) is 0 Å². The molecule has 1 aromatic rings.